The van der Waals surface area contributed by atoms with Gasteiger partial charge in [0, 0.05) is 6.42 Å². The minimum atomic E-state index is 0.361. The first-order valence-electron chi connectivity index (χ1n) is 5.52. The Morgan fingerprint density at radius 3 is 2.07 bits per heavy atom. The Labute approximate surface area is 93.7 Å². The molecular weight excluding hydrogens is 180 g/mol. The van der Waals surface area contributed by atoms with Crippen LogP contribution >= 0.6 is 0 Å². The van der Waals surface area contributed by atoms with E-state index in [4.69, 9.17) is 6.42 Å². The first-order chi connectivity index (χ1) is 7.01. The van der Waals surface area contributed by atoms with E-state index in [1.54, 1.807) is 0 Å². The zero-order chi connectivity index (χ0) is 11.3. The molecule has 0 saturated carbocycles. The lowest BCUT2D eigenvalue weighted by molar-refractivity contribution is 0.411. The fourth-order valence-corrected chi connectivity index (χ4v) is 1.65. The molecular formula is C15H20. The van der Waals surface area contributed by atoms with Gasteiger partial charge in [-0.3, -0.25) is 0 Å². The van der Waals surface area contributed by atoms with Crippen molar-refractivity contribution in [2.45, 2.75) is 40.0 Å². The summed E-state index contributed by atoms with van der Waals surface area (Å²) in [5.74, 6) is 2.67. The second-order valence-electron chi connectivity index (χ2n) is 5.26. The zero-order valence-corrected chi connectivity index (χ0v) is 10.0. The molecule has 0 amide bonds. The van der Waals surface area contributed by atoms with Crippen molar-refractivity contribution in [3.8, 4) is 12.3 Å². The molecule has 0 spiro atoms. The molecule has 0 fully saturated rings. The summed E-state index contributed by atoms with van der Waals surface area (Å²) in [6.45, 7) is 6.79. The fraction of sp³-hybridized carbons (Fsp3) is 0.467. The zero-order valence-electron chi connectivity index (χ0n) is 10.0. The summed E-state index contributed by atoms with van der Waals surface area (Å²) in [5.41, 5.74) is 3.11. The Kier molecular flexibility index (Phi) is 3.97. The van der Waals surface area contributed by atoms with E-state index in [2.05, 4.69) is 51.0 Å². The Morgan fingerprint density at radius 2 is 1.60 bits per heavy atom. The van der Waals surface area contributed by atoms with Gasteiger partial charge < -0.3 is 0 Å². The SMILES string of the molecule is C#CCCc1ccc(CC(C)(C)C)cc1. The maximum absolute atomic E-state index is 5.24. The molecule has 0 aliphatic rings. The minimum Gasteiger partial charge on any atom is -0.120 e. The highest BCUT2D eigenvalue weighted by Crippen LogP contribution is 2.20. The summed E-state index contributed by atoms with van der Waals surface area (Å²) in [7, 11) is 0. The molecule has 80 valence electrons. The molecule has 0 atom stereocenters. The second-order valence-corrected chi connectivity index (χ2v) is 5.26. The minimum absolute atomic E-state index is 0.361. The van der Waals surface area contributed by atoms with Crippen molar-refractivity contribution in [1.29, 1.82) is 0 Å². The lowest BCUT2D eigenvalue weighted by Crippen LogP contribution is -2.08. The molecule has 1 rings (SSSR count). The highest BCUT2D eigenvalue weighted by atomic mass is 14.2. The van der Waals surface area contributed by atoms with Gasteiger partial charge in [-0.2, -0.15) is 0 Å². The fourth-order valence-electron chi connectivity index (χ4n) is 1.65. The van der Waals surface area contributed by atoms with Crippen LogP contribution in [0.1, 0.15) is 38.3 Å². The molecule has 0 nitrogen and oxygen atoms in total. The molecule has 0 heteroatoms. The molecule has 0 saturated heterocycles. The third kappa shape index (κ3) is 4.70. The van der Waals surface area contributed by atoms with Gasteiger partial charge in [0.2, 0.25) is 0 Å². The molecule has 0 N–H and O–H groups in total. The molecule has 1 aromatic carbocycles. The average molecular weight is 200 g/mol. The van der Waals surface area contributed by atoms with Crippen LogP contribution in [0.3, 0.4) is 0 Å². The number of aryl methyl sites for hydroxylation is 1. The molecule has 0 bridgehead atoms. The van der Waals surface area contributed by atoms with Crippen LogP contribution in [0.4, 0.5) is 0 Å². The summed E-state index contributed by atoms with van der Waals surface area (Å²) in [6.07, 6.45) is 8.19. The molecule has 0 radical (unpaired) electrons. The Morgan fingerprint density at radius 1 is 1.07 bits per heavy atom. The van der Waals surface area contributed by atoms with Crippen LogP contribution < -0.4 is 0 Å². The molecule has 0 heterocycles. The predicted molar refractivity (Wildman–Crippen MR) is 66.8 cm³/mol. The largest absolute Gasteiger partial charge is 0.120 e. The van der Waals surface area contributed by atoms with Gasteiger partial charge in [0.15, 0.2) is 0 Å². The van der Waals surface area contributed by atoms with Crippen molar-refractivity contribution in [3.63, 3.8) is 0 Å². The van der Waals surface area contributed by atoms with Gasteiger partial charge >= 0.3 is 0 Å². The van der Waals surface area contributed by atoms with Crippen molar-refractivity contribution in [1.82, 2.24) is 0 Å². The van der Waals surface area contributed by atoms with Gasteiger partial charge in [-0.05, 0) is 29.4 Å². The van der Waals surface area contributed by atoms with Gasteiger partial charge in [-0.25, -0.2) is 0 Å². The van der Waals surface area contributed by atoms with Crippen molar-refractivity contribution < 1.29 is 0 Å². The van der Waals surface area contributed by atoms with Crippen LogP contribution in [0.5, 0.6) is 0 Å². The van der Waals surface area contributed by atoms with E-state index in [1.165, 1.54) is 11.1 Å². The van der Waals surface area contributed by atoms with E-state index in [0.29, 0.717) is 5.41 Å². The number of terminal acetylenes is 1. The van der Waals surface area contributed by atoms with E-state index in [-0.39, 0.29) is 0 Å². The van der Waals surface area contributed by atoms with Crippen molar-refractivity contribution in [2.75, 3.05) is 0 Å². The van der Waals surface area contributed by atoms with E-state index in [0.717, 1.165) is 19.3 Å². The maximum Gasteiger partial charge on any atom is 0.0127 e. The topological polar surface area (TPSA) is 0 Å². The van der Waals surface area contributed by atoms with Gasteiger partial charge in [0.1, 0.15) is 0 Å². The summed E-state index contributed by atoms with van der Waals surface area (Å²) in [5, 5.41) is 0. The smallest absolute Gasteiger partial charge is 0.0127 e. The van der Waals surface area contributed by atoms with Crippen LogP contribution in [0.2, 0.25) is 0 Å². The van der Waals surface area contributed by atoms with Crippen molar-refractivity contribution in [3.05, 3.63) is 35.4 Å². The molecule has 0 aliphatic heterocycles. The van der Waals surface area contributed by atoms with Gasteiger partial charge in [0.05, 0.1) is 0 Å². The lowest BCUT2D eigenvalue weighted by atomic mass is 9.88. The van der Waals surface area contributed by atoms with Crippen LogP contribution in [0.25, 0.3) is 0 Å². The first-order valence-corrected chi connectivity index (χ1v) is 5.52. The van der Waals surface area contributed by atoms with Crippen LogP contribution in [-0.4, -0.2) is 0 Å². The second kappa shape index (κ2) is 5.03. The quantitative estimate of drug-likeness (QED) is 0.650. The van der Waals surface area contributed by atoms with Gasteiger partial charge in [-0.1, -0.05) is 45.0 Å². The highest BCUT2D eigenvalue weighted by molar-refractivity contribution is 5.23. The Hall–Kier alpha value is -1.22. The molecule has 15 heavy (non-hydrogen) atoms. The third-order valence-electron chi connectivity index (χ3n) is 2.32. The summed E-state index contributed by atoms with van der Waals surface area (Å²) < 4.78 is 0. The molecule has 0 aromatic heterocycles. The van der Waals surface area contributed by atoms with Crippen LogP contribution in [0.15, 0.2) is 24.3 Å². The number of rotatable bonds is 3. The predicted octanol–water partition coefficient (Wildman–Crippen LogP) is 3.84. The van der Waals surface area contributed by atoms with Crippen molar-refractivity contribution in [2.24, 2.45) is 5.41 Å². The highest BCUT2D eigenvalue weighted by Gasteiger charge is 2.10. The van der Waals surface area contributed by atoms with E-state index in [9.17, 15) is 0 Å². The van der Waals surface area contributed by atoms with Gasteiger partial charge in [0.25, 0.3) is 0 Å². The number of hydrogen-bond acceptors (Lipinski definition) is 0. The van der Waals surface area contributed by atoms with E-state index < -0.39 is 0 Å². The van der Waals surface area contributed by atoms with Gasteiger partial charge in [-0.15, -0.1) is 12.3 Å². The summed E-state index contributed by atoms with van der Waals surface area (Å²) >= 11 is 0. The Bertz CT molecular complexity index is 330. The van der Waals surface area contributed by atoms with E-state index in [1.807, 2.05) is 0 Å². The number of hydrogen-bond donors (Lipinski definition) is 0. The summed E-state index contributed by atoms with van der Waals surface area (Å²) in [4.78, 5) is 0. The molecule has 1 aromatic rings. The van der Waals surface area contributed by atoms with Crippen LogP contribution in [-0.2, 0) is 12.8 Å². The number of benzene rings is 1. The normalized spacial score (nSPS) is 11.1. The maximum atomic E-state index is 5.24. The first kappa shape index (κ1) is 11.9. The Balaban J connectivity index is 2.61. The summed E-state index contributed by atoms with van der Waals surface area (Å²) in [6, 6.07) is 8.82. The molecule has 0 unspecified atom stereocenters. The van der Waals surface area contributed by atoms with E-state index >= 15 is 0 Å². The standard InChI is InChI=1S/C15H20/c1-5-6-7-13-8-10-14(11-9-13)12-15(2,3)4/h1,8-11H,6-7,12H2,2-4H3. The monoisotopic (exact) mass is 200 g/mol. The molecule has 0 aliphatic carbocycles. The van der Waals surface area contributed by atoms with Crippen LogP contribution in [0, 0.1) is 17.8 Å². The third-order valence-corrected chi connectivity index (χ3v) is 2.32. The van der Waals surface area contributed by atoms with Crippen molar-refractivity contribution >= 4 is 0 Å². The lowest BCUT2D eigenvalue weighted by Gasteiger charge is -2.18. The average Bonchev–Trinajstić information content (AvgIpc) is 2.14.